The first-order valence-corrected chi connectivity index (χ1v) is 49.0. The minimum Gasteiger partial charge on any atom is -0.469 e. The lowest BCUT2D eigenvalue weighted by atomic mass is 9.43. The van der Waals surface area contributed by atoms with E-state index < -0.39 is 0 Å². The Balaban J connectivity index is 0.000000135. The van der Waals surface area contributed by atoms with Gasteiger partial charge >= 0.3 is 23.9 Å². The molecule has 0 radical (unpaired) electrons. The SMILES string of the molecule is COC(=O)CC[C@@H](C)[C@H]1CC[C@H]2[C@@H]3CC[C@@H]4C[C@H](C)CC[C@]4(C)C3=CC(O)[C@]12C.COC(=O)CC[C@@H](C)[C@H]1CC[C@H]2[C@@H]3CC[C@@H]4C[C@H](C)CC[C@]4(C)C3=C[C@@H](O)[C@]12C.COC(=O)CC[C@@H](C)[C@H]1CC[C@H]2[C@@H]3CC[C@@H]4C[C@H](C)CC[C@]4(C)[C@H]3CC(=O)[C@]12C.COC(=O)CC[C@@H](C)[C@H]1CC[C@H]2[C@@H]3CC[C@@H]4C[C@H](C)CC[C@]4(C)[C@H]3CC(=O)[C@]12C. The van der Waals surface area contributed by atoms with E-state index in [2.05, 4.69) is 123 Å². The minimum atomic E-state index is -0.346. The lowest BCUT2D eigenvalue weighted by Crippen LogP contribution is -2.57. The summed E-state index contributed by atoms with van der Waals surface area (Å²) in [6, 6.07) is 0. The molecule has 0 aromatic rings. The van der Waals surface area contributed by atoms with Crippen molar-refractivity contribution in [1.82, 2.24) is 0 Å². The molecule has 16 aliphatic rings. The predicted molar refractivity (Wildman–Crippen MR) is 463 cm³/mol. The van der Waals surface area contributed by atoms with Gasteiger partial charge in [0.15, 0.2) is 0 Å². The lowest BCUT2D eigenvalue weighted by Gasteiger charge is -2.60. The molecule has 0 aromatic heterocycles. The molecule has 36 atom stereocenters. The van der Waals surface area contributed by atoms with Crippen molar-refractivity contribution in [2.24, 2.45) is 197 Å². The molecule has 16 aliphatic carbocycles. The number of fused-ring (bicyclic) bond motifs is 20. The van der Waals surface area contributed by atoms with Crippen LogP contribution in [0.15, 0.2) is 23.3 Å². The van der Waals surface area contributed by atoms with E-state index in [0.29, 0.717) is 154 Å². The van der Waals surface area contributed by atoms with Crippen LogP contribution in [0.1, 0.15) is 355 Å². The summed E-state index contributed by atoms with van der Waals surface area (Å²) in [4.78, 5) is 74.1. The number of allylic oxidation sites excluding steroid dienone is 2. The van der Waals surface area contributed by atoms with E-state index in [-0.39, 0.29) is 57.7 Å². The Kier molecular flexibility index (Phi) is 27.5. The number of aliphatic hydroxyl groups excluding tert-OH is 2. The fourth-order valence-corrected chi connectivity index (χ4v) is 34.2. The van der Waals surface area contributed by atoms with Crippen LogP contribution in [-0.4, -0.2) is 86.3 Å². The van der Waals surface area contributed by atoms with Crippen molar-refractivity contribution in [2.45, 2.75) is 367 Å². The maximum atomic E-state index is 13.8. The average Bonchev–Trinajstić information content (AvgIpc) is 0.835. The van der Waals surface area contributed by atoms with Gasteiger partial charge in [-0.05, 0) is 368 Å². The molecule has 0 aliphatic heterocycles. The monoisotopic (exact) mass is 1610 g/mol. The zero-order chi connectivity index (χ0) is 83.9. The van der Waals surface area contributed by atoms with Crippen molar-refractivity contribution in [1.29, 1.82) is 0 Å². The van der Waals surface area contributed by atoms with Gasteiger partial charge in [0.05, 0.1) is 40.6 Å². The summed E-state index contributed by atoms with van der Waals surface area (Å²) in [6.07, 6.45) is 47.5. The maximum absolute atomic E-state index is 13.8. The van der Waals surface area contributed by atoms with Gasteiger partial charge in [0.1, 0.15) is 11.6 Å². The highest BCUT2D eigenvalue weighted by Crippen LogP contribution is 2.73. The number of rotatable bonds is 16. The van der Waals surface area contributed by atoms with Crippen LogP contribution in [0.5, 0.6) is 0 Å². The molecule has 0 saturated heterocycles. The predicted octanol–water partition coefficient (Wildman–Crippen LogP) is 23.6. The molecule has 14 saturated carbocycles. The van der Waals surface area contributed by atoms with E-state index in [1.165, 1.54) is 195 Å². The molecule has 0 aromatic carbocycles. The van der Waals surface area contributed by atoms with E-state index in [9.17, 15) is 39.0 Å². The van der Waals surface area contributed by atoms with Gasteiger partial charge in [-0.2, -0.15) is 0 Å². The van der Waals surface area contributed by atoms with E-state index >= 15 is 0 Å². The molecule has 12 heteroatoms. The van der Waals surface area contributed by atoms with Crippen LogP contribution >= 0.6 is 0 Å². The van der Waals surface area contributed by atoms with Crippen LogP contribution in [0, 0.1) is 197 Å². The van der Waals surface area contributed by atoms with Crippen molar-refractivity contribution in [2.75, 3.05) is 28.4 Å². The standard InChI is InChI=1S/4C26H42O3/c4*1-16-12-13-25(3)18(14-16)7-8-19-21-10-9-20(17(2)6-11-24(28)29-5)26(21,4)23(27)15-22(19)25/h2*16-22H,6-15H2,1-5H3;2*15-21,23,27H,6-14H2,1-5H3/t2*16-,17-,18-,19+,20-,21+,22+,25+,26-;16-,17-,18-,19+,20-,21+,23?,25+,26-;16-,17-,18-,19+,20-,21+,23-,25+,26-/m1111/s1. The number of hydrogen-bond donors (Lipinski definition) is 2. The summed E-state index contributed by atoms with van der Waals surface area (Å²) < 4.78 is 19.4. The number of methoxy groups -OCH3 is 4. The van der Waals surface area contributed by atoms with Crippen LogP contribution in [0.4, 0.5) is 0 Å². The number of carbonyl (C=O) groups is 6. The fourth-order valence-electron chi connectivity index (χ4n) is 34.2. The number of Topliss-reactive ketones (excluding diaryl/α,β-unsaturated/α-hetero) is 2. The molecule has 0 spiro atoms. The van der Waals surface area contributed by atoms with E-state index in [1.807, 2.05) is 0 Å². The molecule has 0 bridgehead atoms. The number of aliphatic hydroxyl groups is 2. The highest BCUT2D eigenvalue weighted by atomic mass is 16.5. The van der Waals surface area contributed by atoms with Gasteiger partial charge in [-0.15, -0.1) is 0 Å². The second-order valence-corrected chi connectivity index (χ2v) is 46.4. The van der Waals surface area contributed by atoms with Crippen LogP contribution in [0.25, 0.3) is 0 Å². The van der Waals surface area contributed by atoms with E-state index in [0.717, 1.165) is 111 Å². The van der Waals surface area contributed by atoms with Crippen molar-refractivity contribution in [3.05, 3.63) is 23.3 Å². The van der Waals surface area contributed by atoms with Crippen molar-refractivity contribution >= 4 is 35.4 Å². The van der Waals surface area contributed by atoms with Gasteiger partial charge in [0.25, 0.3) is 0 Å². The Morgan fingerprint density at radius 2 is 0.647 bits per heavy atom. The molecule has 0 amide bonds. The quantitative estimate of drug-likeness (QED) is 0.0850. The Morgan fingerprint density at radius 1 is 0.362 bits per heavy atom. The Hall–Kier alpha value is -3.38. The first kappa shape index (κ1) is 90.3. The fraction of sp³-hybridized carbons (Fsp3) is 0.904. The van der Waals surface area contributed by atoms with Crippen molar-refractivity contribution < 1.29 is 57.9 Å². The normalized spacial score (nSPS) is 47.6. The summed E-state index contributed by atoms with van der Waals surface area (Å²) in [5.41, 5.74) is 4.23. The maximum Gasteiger partial charge on any atom is 0.305 e. The summed E-state index contributed by atoms with van der Waals surface area (Å²) in [5.74, 6) is 17.3. The Labute approximate surface area is 705 Å². The largest absolute Gasteiger partial charge is 0.469 e. The molecule has 14 fully saturated rings. The third-order valence-corrected chi connectivity index (χ3v) is 41.5. The third kappa shape index (κ3) is 16.0. The molecular weight excluding hydrogens is 1440 g/mol. The van der Waals surface area contributed by atoms with E-state index in [4.69, 9.17) is 18.9 Å². The highest BCUT2D eigenvalue weighted by molar-refractivity contribution is 5.88. The first-order valence-electron chi connectivity index (χ1n) is 49.0. The van der Waals surface area contributed by atoms with Crippen LogP contribution in [0.3, 0.4) is 0 Å². The molecule has 1 unspecified atom stereocenters. The van der Waals surface area contributed by atoms with Gasteiger partial charge in [0, 0.05) is 60.2 Å². The molecule has 0 heterocycles. The van der Waals surface area contributed by atoms with Gasteiger partial charge < -0.3 is 29.2 Å². The van der Waals surface area contributed by atoms with E-state index in [1.54, 1.807) is 11.1 Å². The zero-order valence-electron chi connectivity index (χ0n) is 77.2. The summed E-state index contributed by atoms with van der Waals surface area (Å²) in [5, 5.41) is 23.0. The highest BCUT2D eigenvalue weighted by Gasteiger charge is 2.68. The molecule has 16 rings (SSSR count). The Morgan fingerprint density at radius 3 is 0.974 bits per heavy atom. The molecule has 656 valence electrons. The lowest BCUT2D eigenvalue weighted by molar-refractivity contribution is -0.159. The number of esters is 4. The molecule has 12 nitrogen and oxygen atoms in total. The van der Waals surface area contributed by atoms with Gasteiger partial charge in [-0.3, -0.25) is 28.8 Å². The molecular formula is C104H168O12. The zero-order valence-corrected chi connectivity index (χ0v) is 77.2. The number of ether oxygens (including phenoxy) is 4. The molecule has 116 heavy (non-hydrogen) atoms. The third-order valence-electron chi connectivity index (χ3n) is 41.5. The van der Waals surface area contributed by atoms with Crippen molar-refractivity contribution in [3.63, 3.8) is 0 Å². The first-order chi connectivity index (χ1) is 54.8. The molecule has 2 N–H and O–H groups in total. The number of ketones is 2. The van der Waals surface area contributed by atoms with Crippen LogP contribution < -0.4 is 0 Å². The van der Waals surface area contributed by atoms with Crippen LogP contribution in [-0.2, 0) is 47.7 Å². The summed E-state index contributed by atoms with van der Waals surface area (Å²) in [7, 11) is 5.88. The second kappa shape index (κ2) is 35.3. The second-order valence-electron chi connectivity index (χ2n) is 46.4. The summed E-state index contributed by atoms with van der Waals surface area (Å²) in [6.45, 7) is 38.2. The summed E-state index contributed by atoms with van der Waals surface area (Å²) >= 11 is 0. The van der Waals surface area contributed by atoms with Crippen molar-refractivity contribution in [3.8, 4) is 0 Å². The smallest absolute Gasteiger partial charge is 0.305 e. The van der Waals surface area contributed by atoms with Gasteiger partial charge in [-0.25, -0.2) is 0 Å². The number of hydrogen-bond acceptors (Lipinski definition) is 12. The average molecular weight is 1610 g/mol. The Bertz CT molecular complexity index is 3330. The van der Waals surface area contributed by atoms with Crippen LogP contribution in [0.2, 0.25) is 0 Å². The topological polar surface area (TPSA) is 180 Å². The minimum absolute atomic E-state index is 0.0468. The number of carbonyl (C=O) groups excluding carboxylic acids is 6. The van der Waals surface area contributed by atoms with Gasteiger partial charge in [0.2, 0.25) is 0 Å². The van der Waals surface area contributed by atoms with Gasteiger partial charge in [-0.1, -0.05) is 147 Å².